The quantitative estimate of drug-likeness (QED) is 0.446. The van der Waals surface area contributed by atoms with Gasteiger partial charge in [-0.05, 0) is 60.3 Å². The predicted octanol–water partition coefficient (Wildman–Crippen LogP) is 3.77. The van der Waals surface area contributed by atoms with Crippen LogP contribution >= 0.6 is 12.2 Å². The number of carbonyl (C=O) groups excluding carboxylic acids is 2. The van der Waals surface area contributed by atoms with Gasteiger partial charge in [0.15, 0.2) is 10.9 Å². The second-order valence-corrected chi connectivity index (χ2v) is 7.90. The minimum Gasteiger partial charge on any atom is -0.459 e. The smallest absolute Gasteiger partial charge is 0.293 e. The summed E-state index contributed by atoms with van der Waals surface area (Å²) in [6, 6.07) is 20.8. The van der Waals surface area contributed by atoms with E-state index in [9.17, 15) is 9.59 Å². The van der Waals surface area contributed by atoms with Gasteiger partial charge in [-0.25, -0.2) is 0 Å². The Balaban J connectivity index is 1.25. The van der Waals surface area contributed by atoms with Crippen LogP contribution in [0, 0.1) is 0 Å². The zero-order valence-corrected chi connectivity index (χ0v) is 18.8. The van der Waals surface area contributed by atoms with Gasteiger partial charge < -0.3 is 19.5 Å². The molecule has 1 aliphatic rings. The highest BCUT2D eigenvalue weighted by molar-refractivity contribution is 7.80. The molecule has 0 spiro atoms. The first kappa shape index (κ1) is 22.3. The van der Waals surface area contributed by atoms with E-state index in [0.717, 1.165) is 30.0 Å². The van der Waals surface area contributed by atoms with Gasteiger partial charge in [-0.1, -0.05) is 30.3 Å². The normalized spacial score (nSPS) is 13.7. The van der Waals surface area contributed by atoms with Crippen LogP contribution in [0.1, 0.15) is 16.1 Å². The number of benzene rings is 2. The molecule has 4 rings (SSSR count). The van der Waals surface area contributed by atoms with Gasteiger partial charge in [-0.3, -0.25) is 14.9 Å². The summed E-state index contributed by atoms with van der Waals surface area (Å²) in [5, 5.41) is 5.77. The van der Waals surface area contributed by atoms with Crippen LogP contribution < -0.4 is 15.5 Å². The molecule has 2 N–H and O–H groups in total. The molecule has 1 aromatic heterocycles. The maximum atomic E-state index is 12.5. The molecule has 1 fully saturated rings. The molecule has 33 heavy (non-hydrogen) atoms. The highest BCUT2D eigenvalue weighted by Gasteiger charge is 2.20. The van der Waals surface area contributed by atoms with Crippen LogP contribution in [0.3, 0.4) is 0 Å². The minimum atomic E-state index is -0.403. The SMILES string of the molecule is O=C(NC(=S)Nc1ccc(N2CCN(C(=O)/C=C/c3ccccc3)CC2)cc1)c1ccco1. The first-order valence-corrected chi connectivity index (χ1v) is 11.0. The molecule has 0 bridgehead atoms. The zero-order chi connectivity index (χ0) is 23.0. The number of rotatable bonds is 5. The zero-order valence-electron chi connectivity index (χ0n) is 17.9. The summed E-state index contributed by atoms with van der Waals surface area (Å²) in [5.41, 5.74) is 2.85. The molecule has 1 aliphatic heterocycles. The fourth-order valence-corrected chi connectivity index (χ4v) is 3.72. The Labute approximate surface area is 197 Å². The van der Waals surface area contributed by atoms with Gasteiger partial charge in [0.25, 0.3) is 5.91 Å². The van der Waals surface area contributed by atoms with Crippen molar-refractivity contribution >= 4 is 46.6 Å². The lowest BCUT2D eigenvalue weighted by Gasteiger charge is -2.35. The average molecular weight is 461 g/mol. The molecule has 7 nitrogen and oxygen atoms in total. The highest BCUT2D eigenvalue weighted by Crippen LogP contribution is 2.20. The van der Waals surface area contributed by atoms with Crippen molar-refractivity contribution < 1.29 is 14.0 Å². The Morgan fingerprint density at radius 3 is 2.30 bits per heavy atom. The third kappa shape index (κ3) is 6.08. The van der Waals surface area contributed by atoms with E-state index in [0.29, 0.717) is 13.1 Å². The van der Waals surface area contributed by atoms with Crippen molar-refractivity contribution in [2.45, 2.75) is 0 Å². The van der Waals surface area contributed by atoms with E-state index < -0.39 is 5.91 Å². The van der Waals surface area contributed by atoms with Gasteiger partial charge >= 0.3 is 0 Å². The summed E-state index contributed by atoms with van der Waals surface area (Å²) in [6.45, 7) is 2.85. The highest BCUT2D eigenvalue weighted by atomic mass is 32.1. The lowest BCUT2D eigenvalue weighted by atomic mass is 10.2. The molecular weight excluding hydrogens is 436 g/mol. The fourth-order valence-electron chi connectivity index (χ4n) is 3.51. The molecule has 2 heterocycles. The van der Waals surface area contributed by atoms with Crippen molar-refractivity contribution in [2.75, 3.05) is 36.4 Å². The van der Waals surface area contributed by atoms with Gasteiger partial charge in [-0.15, -0.1) is 0 Å². The summed E-state index contributed by atoms with van der Waals surface area (Å²) < 4.78 is 5.05. The molecule has 2 amide bonds. The van der Waals surface area contributed by atoms with Gasteiger partial charge in [0, 0.05) is 43.6 Å². The number of hydrogen-bond donors (Lipinski definition) is 2. The number of carbonyl (C=O) groups is 2. The minimum absolute atomic E-state index is 0.0307. The molecular formula is C25H24N4O3S. The maximum absolute atomic E-state index is 12.5. The number of nitrogens with one attached hydrogen (secondary N) is 2. The van der Waals surface area contributed by atoms with E-state index in [-0.39, 0.29) is 16.8 Å². The van der Waals surface area contributed by atoms with Crippen LogP contribution in [0.4, 0.5) is 11.4 Å². The van der Waals surface area contributed by atoms with E-state index in [1.807, 2.05) is 65.6 Å². The summed E-state index contributed by atoms with van der Waals surface area (Å²) >= 11 is 5.20. The van der Waals surface area contributed by atoms with E-state index >= 15 is 0 Å². The van der Waals surface area contributed by atoms with Gasteiger partial charge in [0.05, 0.1) is 6.26 Å². The molecule has 168 valence electrons. The molecule has 1 saturated heterocycles. The van der Waals surface area contributed by atoms with Gasteiger partial charge in [0.1, 0.15) is 0 Å². The van der Waals surface area contributed by atoms with Gasteiger partial charge in [0.2, 0.25) is 5.91 Å². The molecule has 3 aromatic rings. The molecule has 0 radical (unpaired) electrons. The van der Waals surface area contributed by atoms with E-state index in [1.54, 1.807) is 18.2 Å². The Kier molecular flexibility index (Phi) is 7.16. The lowest BCUT2D eigenvalue weighted by Crippen LogP contribution is -2.48. The number of furan rings is 1. The van der Waals surface area contributed by atoms with Crippen molar-refractivity contribution in [3.8, 4) is 0 Å². The number of nitrogens with zero attached hydrogens (tertiary/aromatic N) is 2. The largest absolute Gasteiger partial charge is 0.459 e. The van der Waals surface area contributed by atoms with Crippen LogP contribution in [0.15, 0.2) is 83.5 Å². The molecule has 0 unspecified atom stereocenters. The second-order valence-electron chi connectivity index (χ2n) is 7.49. The monoisotopic (exact) mass is 460 g/mol. The van der Waals surface area contributed by atoms with E-state index in [4.69, 9.17) is 16.6 Å². The topological polar surface area (TPSA) is 77.8 Å². The van der Waals surface area contributed by atoms with Crippen LogP contribution in [0.5, 0.6) is 0 Å². The van der Waals surface area contributed by atoms with Crippen molar-refractivity contribution in [3.63, 3.8) is 0 Å². The van der Waals surface area contributed by atoms with Crippen LogP contribution in [-0.4, -0.2) is 48.0 Å². The third-order valence-corrected chi connectivity index (χ3v) is 5.48. The maximum Gasteiger partial charge on any atom is 0.293 e. The van der Waals surface area contributed by atoms with Crippen molar-refractivity contribution in [1.29, 1.82) is 0 Å². The number of anilines is 2. The Hall–Kier alpha value is -3.91. The number of thiocarbonyl (C=S) groups is 1. The summed E-state index contributed by atoms with van der Waals surface area (Å²) in [4.78, 5) is 28.6. The van der Waals surface area contributed by atoms with Gasteiger partial charge in [-0.2, -0.15) is 0 Å². The summed E-state index contributed by atoms with van der Waals surface area (Å²) in [5.74, 6) is -0.175. The van der Waals surface area contributed by atoms with Crippen LogP contribution in [0.25, 0.3) is 6.08 Å². The van der Waals surface area contributed by atoms with Crippen molar-refractivity contribution in [1.82, 2.24) is 10.2 Å². The van der Waals surface area contributed by atoms with Crippen LogP contribution in [0.2, 0.25) is 0 Å². The lowest BCUT2D eigenvalue weighted by molar-refractivity contribution is -0.126. The summed E-state index contributed by atoms with van der Waals surface area (Å²) in [6.07, 6.45) is 4.92. The Bertz CT molecular complexity index is 1120. The first-order chi connectivity index (χ1) is 16.1. The number of piperazine rings is 1. The van der Waals surface area contributed by atoms with Crippen molar-refractivity contribution in [2.24, 2.45) is 0 Å². The average Bonchev–Trinajstić information content (AvgIpc) is 3.39. The van der Waals surface area contributed by atoms with E-state index in [1.165, 1.54) is 6.26 Å². The Morgan fingerprint density at radius 2 is 1.64 bits per heavy atom. The molecule has 8 heteroatoms. The molecule has 2 aromatic carbocycles. The molecule has 0 saturated carbocycles. The first-order valence-electron chi connectivity index (χ1n) is 10.6. The fraction of sp³-hybridized carbons (Fsp3) is 0.160. The number of hydrogen-bond acceptors (Lipinski definition) is 5. The van der Waals surface area contributed by atoms with Crippen molar-refractivity contribution in [3.05, 3.63) is 90.4 Å². The number of amides is 2. The summed E-state index contributed by atoms with van der Waals surface area (Å²) in [7, 11) is 0. The van der Waals surface area contributed by atoms with Crippen LogP contribution in [-0.2, 0) is 4.79 Å². The molecule has 0 atom stereocenters. The third-order valence-electron chi connectivity index (χ3n) is 5.27. The Morgan fingerprint density at radius 1 is 0.909 bits per heavy atom. The predicted molar refractivity (Wildman–Crippen MR) is 133 cm³/mol. The van der Waals surface area contributed by atoms with E-state index in [2.05, 4.69) is 15.5 Å². The second kappa shape index (κ2) is 10.6. The standard InChI is InChI=1S/C25H24N4O3S/c30-23(13-8-19-5-2-1-3-6-19)29-16-14-28(15-17-29)21-11-9-20(10-12-21)26-25(33)27-24(31)22-7-4-18-32-22/h1-13,18H,14-17H2,(H2,26,27,31,33)/b13-8+. The molecule has 0 aliphatic carbocycles.